The number of nitrogens with zero attached hydrogens (tertiary/aromatic N) is 1. The van der Waals surface area contributed by atoms with Crippen LogP contribution in [0, 0.1) is 0 Å². The maximum absolute atomic E-state index is 10.6. The lowest BCUT2D eigenvalue weighted by Crippen LogP contribution is -2.15. The third-order valence-electron chi connectivity index (χ3n) is 3.28. The van der Waals surface area contributed by atoms with Crippen LogP contribution in [0.4, 0.5) is 0 Å². The first-order valence-electron chi connectivity index (χ1n) is 7.32. The van der Waals surface area contributed by atoms with E-state index < -0.39 is 0 Å². The maximum atomic E-state index is 10.6. The molecule has 0 atom stereocenters. The van der Waals surface area contributed by atoms with E-state index in [1.54, 1.807) is 11.3 Å². The number of rotatable bonds is 2. The van der Waals surface area contributed by atoms with Crippen LogP contribution in [0.25, 0.3) is 10.1 Å². The average molecular weight is 309 g/mol. The lowest BCUT2D eigenvalue weighted by molar-refractivity contribution is 0.482. The summed E-state index contributed by atoms with van der Waals surface area (Å²) in [4.78, 5) is 5.71. The molecule has 2 aromatic carbocycles. The normalized spacial score (nSPS) is 12.8. The van der Waals surface area contributed by atoms with Crippen molar-refractivity contribution in [1.82, 2.24) is 0 Å². The molecule has 0 aliphatic heterocycles. The maximum Gasteiger partial charge on any atom is 0.143 e. The quantitative estimate of drug-likeness (QED) is 0.645. The first-order chi connectivity index (χ1) is 10.5. The molecule has 2 nitrogen and oxygen atoms in total. The molecule has 1 heterocycles. The number of fused-ring (bicyclic) bond motifs is 1. The Bertz CT molecular complexity index is 826. The highest BCUT2D eigenvalue weighted by molar-refractivity contribution is 7.21. The van der Waals surface area contributed by atoms with E-state index in [0.29, 0.717) is 5.75 Å². The van der Waals surface area contributed by atoms with Crippen molar-refractivity contribution in [2.45, 2.75) is 26.3 Å². The molecule has 0 radical (unpaired) electrons. The molecule has 0 saturated heterocycles. The fraction of sp³-hybridized carbons (Fsp3) is 0.211. The largest absolute Gasteiger partial charge is 0.506 e. The van der Waals surface area contributed by atoms with Gasteiger partial charge >= 0.3 is 0 Å². The first-order valence-corrected chi connectivity index (χ1v) is 8.13. The summed E-state index contributed by atoms with van der Waals surface area (Å²) in [6.45, 7) is 6.21. The molecule has 0 saturated carbocycles. The van der Waals surface area contributed by atoms with E-state index in [9.17, 15) is 5.11 Å². The second-order valence-electron chi connectivity index (χ2n) is 6.27. The van der Waals surface area contributed by atoms with Gasteiger partial charge < -0.3 is 5.11 Å². The predicted molar refractivity (Wildman–Crippen MR) is 95.3 cm³/mol. The summed E-state index contributed by atoms with van der Waals surface area (Å²) in [6, 6.07) is 18.0. The highest BCUT2D eigenvalue weighted by Gasteiger charge is 2.20. The monoisotopic (exact) mass is 309 g/mol. The summed E-state index contributed by atoms with van der Waals surface area (Å²) in [5.74, 6) is 0.326. The topological polar surface area (TPSA) is 32.6 Å². The summed E-state index contributed by atoms with van der Waals surface area (Å²) < 4.78 is 1.08. The van der Waals surface area contributed by atoms with Gasteiger partial charge in [0.1, 0.15) is 5.75 Å². The number of hydrogen-bond acceptors (Lipinski definition) is 3. The van der Waals surface area contributed by atoms with E-state index in [4.69, 9.17) is 4.99 Å². The van der Waals surface area contributed by atoms with Crippen LogP contribution >= 0.6 is 11.3 Å². The minimum absolute atomic E-state index is 0.214. The molecule has 0 amide bonds. The summed E-state index contributed by atoms with van der Waals surface area (Å²) in [6.07, 6.45) is 0. The minimum Gasteiger partial charge on any atom is -0.506 e. The van der Waals surface area contributed by atoms with Crippen LogP contribution in [0.3, 0.4) is 0 Å². The van der Waals surface area contributed by atoms with Crippen molar-refractivity contribution in [3.63, 3.8) is 0 Å². The summed E-state index contributed by atoms with van der Waals surface area (Å²) in [5.41, 5.74) is 1.67. The number of thiophene rings is 1. The molecule has 0 aliphatic carbocycles. The lowest BCUT2D eigenvalue weighted by Gasteiger charge is -2.16. The molecule has 0 spiro atoms. The molecule has 0 unspecified atom stereocenters. The standard InChI is InChI=1S/C19H19NOS/c1-19(2,3)20-16(13-9-5-4-6-10-13)18-17(21)14-11-7-8-12-15(14)22-18/h4-12,21H,1-3H3. The zero-order valence-corrected chi connectivity index (χ0v) is 13.8. The van der Waals surface area contributed by atoms with E-state index >= 15 is 0 Å². The third kappa shape index (κ3) is 2.90. The third-order valence-corrected chi connectivity index (χ3v) is 4.45. The van der Waals surface area contributed by atoms with Crippen molar-refractivity contribution in [3.05, 3.63) is 65.0 Å². The smallest absolute Gasteiger partial charge is 0.143 e. The van der Waals surface area contributed by atoms with Gasteiger partial charge in [-0.1, -0.05) is 42.5 Å². The minimum atomic E-state index is -0.214. The van der Waals surface area contributed by atoms with Crippen LogP contribution in [0.2, 0.25) is 0 Å². The molecular weight excluding hydrogens is 290 g/mol. The van der Waals surface area contributed by atoms with Crippen LogP contribution in [-0.2, 0) is 0 Å². The van der Waals surface area contributed by atoms with Gasteiger partial charge in [0.15, 0.2) is 0 Å². The molecule has 112 valence electrons. The van der Waals surface area contributed by atoms with Crippen LogP contribution in [0.1, 0.15) is 31.2 Å². The van der Waals surface area contributed by atoms with Gasteiger partial charge in [0.25, 0.3) is 0 Å². The number of aromatic hydroxyl groups is 1. The van der Waals surface area contributed by atoms with Crippen molar-refractivity contribution in [2.24, 2.45) is 4.99 Å². The Morgan fingerprint density at radius 1 is 0.955 bits per heavy atom. The van der Waals surface area contributed by atoms with E-state index in [1.165, 1.54) is 0 Å². The van der Waals surface area contributed by atoms with Gasteiger partial charge in [-0.3, -0.25) is 4.99 Å². The van der Waals surface area contributed by atoms with Gasteiger partial charge in [-0.05, 0) is 32.9 Å². The number of aliphatic imine (C=N–C) groups is 1. The van der Waals surface area contributed by atoms with Crippen LogP contribution < -0.4 is 0 Å². The fourth-order valence-corrected chi connectivity index (χ4v) is 3.48. The second-order valence-corrected chi connectivity index (χ2v) is 7.33. The van der Waals surface area contributed by atoms with Gasteiger partial charge in [0, 0.05) is 15.6 Å². The molecule has 0 bridgehead atoms. The number of benzene rings is 2. The molecular formula is C19H19NOS. The fourth-order valence-electron chi connectivity index (χ4n) is 2.37. The molecule has 3 aromatic rings. The number of hydrogen-bond donors (Lipinski definition) is 1. The van der Waals surface area contributed by atoms with E-state index in [-0.39, 0.29) is 5.54 Å². The zero-order valence-electron chi connectivity index (χ0n) is 13.0. The molecule has 1 N–H and O–H groups in total. The Hall–Kier alpha value is -2.13. The van der Waals surface area contributed by atoms with Gasteiger partial charge in [0.2, 0.25) is 0 Å². The molecule has 22 heavy (non-hydrogen) atoms. The Balaban J connectivity index is 2.25. The van der Waals surface area contributed by atoms with E-state index in [2.05, 4.69) is 20.8 Å². The Morgan fingerprint density at radius 3 is 2.23 bits per heavy atom. The van der Waals surface area contributed by atoms with Crippen LogP contribution in [0.5, 0.6) is 5.75 Å². The molecule has 1 aromatic heterocycles. The van der Waals surface area contributed by atoms with Crippen molar-refractivity contribution in [2.75, 3.05) is 0 Å². The average Bonchev–Trinajstić information content (AvgIpc) is 2.82. The predicted octanol–water partition coefficient (Wildman–Crippen LogP) is 5.24. The Kier molecular flexibility index (Phi) is 3.75. The van der Waals surface area contributed by atoms with E-state index in [0.717, 1.165) is 26.2 Å². The Morgan fingerprint density at radius 2 is 1.59 bits per heavy atom. The van der Waals surface area contributed by atoms with Gasteiger partial charge in [-0.15, -0.1) is 11.3 Å². The molecule has 3 rings (SSSR count). The van der Waals surface area contributed by atoms with Gasteiger partial charge in [-0.2, -0.15) is 0 Å². The van der Waals surface area contributed by atoms with Crippen molar-refractivity contribution >= 4 is 27.1 Å². The van der Waals surface area contributed by atoms with Gasteiger partial charge in [-0.25, -0.2) is 0 Å². The van der Waals surface area contributed by atoms with Crippen LogP contribution in [-0.4, -0.2) is 16.4 Å². The van der Waals surface area contributed by atoms with Gasteiger partial charge in [0.05, 0.1) is 16.1 Å². The highest BCUT2D eigenvalue weighted by Crippen LogP contribution is 2.38. The highest BCUT2D eigenvalue weighted by atomic mass is 32.1. The van der Waals surface area contributed by atoms with E-state index in [1.807, 2.05) is 54.6 Å². The zero-order chi connectivity index (χ0) is 15.7. The molecule has 0 aliphatic rings. The molecule has 3 heteroatoms. The van der Waals surface area contributed by atoms with Crippen molar-refractivity contribution in [1.29, 1.82) is 0 Å². The summed E-state index contributed by atoms with van der Waals surface area (Å²) in [5, 5.41) is 11.5. The molecule has 0 fully saturated rings. The lowest BCUT2D eigenvalue weighted by atomic mass is 10.0. The van der Waals surface area contributed by atoms with Crippen molar-refractivity contribution in [3.8, 4) is 5.75 Å². The Labute approximate surface area is 134 Å². The van der Waals surface area contributed by atoms with Crippen molar-refractivity contribution < 1.29 is 5.11 Å². The first kappa shape index (κ1) is 14.8. The second kappa shape index (κ2) is 5.58. The summed E-state index contributed by atoms with van der Waals surface area (Å²) in [7, 11) is 0. The summed E-state index contributed by atoms with van der Waals surface area (Å²) >= 11 is 1.59. The van der Waals surface area contributed by atoms with Crippen LogP contribution in [0.15, 0.2) is 59.6 Å². The SMILES string of the molecule is CC(C)(C)N=C(c1ccccc1)c1sc2ccccc2c1O.